The van der Waals surface area contributed by atoms with Crippen molar-refractivity contribution in [3.63, 3.8) is 0 Å². The average Bonchev–Trinajstić information content (AvgIpc) is 3.25. The molecule has 0 bridgehead atoms. The standard InChI is InChI=1S/C23H20ClNO5/c1-13-5-3-4-6-16(13)20-19(22(27)23(28)25(20)9-10-29-2)21(26)18-12-14-11-15(24)7-8-17(14)30-18/h3-8,11-12,20,27H,9-10H2,1-2H3. The fourth-order valence-electron chi connectivity index (χ4n) is 3.78. The van der Waals surface area contributed by atoms with Gasteiger partial charge < -0.3 is 19.2 Å². The number of aryl methyl sites for hydroxylation is 1. The number of ketones is 1. The molecule has 7 heteroatoms. The SMILES string of the molecule is COCCN1C(=O)C(O)=C(C(=O)c2cc3cc(Cl)ccc3o2)C1c1ccccc1C. The topological polar surface area (TPSA) is 80.0 Å². The molecule has 4 rings (SSSR count). The van der Waals surface area contributed by atoms with Gasteiger partial charge in [0.1, 0.15) is 5.58 Å². The molecule has 154 valence electrons. The predicted octanol–water partition coefficient (Wildman–Crippen LogP) is 4.62. The fourth-order valence-corrected chi connectivity index (χ4v) is 3.96. The Labute approximate surface area is 178 Å². The number of rotatable bonds is 6. The van der Waals surface area contributed by atoms with Crippen LogP contribution in [0.2, 0.25) is 5.02 Å². The number of benzene rings is 2. The average molecular weight is 426 g/mol. The van der Waals surface area contributed by atoms with Crippen molar-refractivity contribution in [1.82, 2.24) is 4.90 Å². The van der Waals surface area contributed by atoms with E-state index in [1.807, 2.05) is 31.2 Å². The molecule has 1 aliphatic heterocycles. The van der Waals surface area contributed by atoms with E-state index >= 15 is 0 Å². The van der Waals surface area contributed by atoms with E-state index in [4.69, 9.17) is 20.8 Å². The molecule has 1 unspecified atom stereocenters. The third-order valence-electron chi connectivity index (χ3n) is 5.27. The summed E-state index contributed by atoms with van der Waals surface area (Å²) >= 11 is 6.03. The molecule has 1 amide bonds. The Balaban J connectivity index is 1.82. The van der Waals surface area contributed by atoms with Gasteiger partial charge in [-0.1, -0.05) is 35.9 Å². The van der Waals surface area contributed by atoms with Crippen LogP contribution >= 0.6 is 11.6 Å². The highest BCUT2D eigenvalue weighted by Gasteiger charge is 2.44. The molecular formula is C23H20ClNO5. The van der Waals surface area contributed by atoms with Crippen LogP contribution in [0.4, 0.5) is 0 Å². The maximum absolute atomic E-state index is 13.4. The van der Waals surface area contributed by atoms with Crippen LogP contribution in [0.15, 0.2) is 64.3 Å². The zero-order valence-corrected chi connectivity index (χ0v) is 17.3. The highest BCUT2D eigenvalue weighted by molar-refractivity contribution is 6.31. The minimum Gasteiger partial charge on any atom is -0.503 e. The number of aliphatic hydroxyl groups is 1. The van der Waals surface area contributed by atoms with Gasteiger partial charge in [0.25, 0.3) is 5.91 Å². The second-order valence-corrected chi connectivity index (χ2v) is 7.57. The number of carbonyl (C=O) groups is 2. The summed E-state index contributed by atoms with van der Waals surface area (Å²) < 4.78 is 10.8. The summed E-state index contributed by atoms with van der Waals surface area (Å²) in [7, 11) is 1.53. The molecule has 30 heavy (non-hydrogen) atoms. The quantitative estimate of drug-likeness (QED) is 0.583. The van der Waals surface area contributed by atoms with Crippen molar-refractivity contribution in [2.45, 2.75) is 13.0 Å². The van der Waals surface area contributed by atoms with Gasteiger partial charge in [-0.3, -0.25) is 9.59 Å². The Morgan fingerprint density at radius 1 is 1.23 bits per heavy atom. The maximum Gasteiger partial charge on any atom is 0.290 e. The first-order chi connectivity index (χ1) is 14.4. The van der Waals surface area contributed by atoms with Crippen LogP contribution in [-0.2, 0) is 9.53 Å². The van der Waals surface area contributed by atoms with E-state index in [-0.39, 0.29) is 24.5 Å². The number of hydrogen-bond acceptors (Lipinski definition) is 5. The van der Waals surface area contributed by atoms with Crippen LogP contribution in [0.5, 0.6) is 0 Å². The van der Waals surface area contributed by atoms with Gasteiger partial charge in [0.15, 0.2) is 11.5 Å². The highest BCUT2D eigenvalue weighted by atomic mass is 35.5. The van der Waals surface area contributed by atoms with E-state index in [9.17, 15) is 14.7 Å². The number of furan rings is 1. The number of carbonyl (C=O) groups excluding carboxylic acids is 2. The number of halogens is 1. The summed E-state index contributed by atoms with van der Waals surface area (Å²) in [5.74, 6) is -1.68. The molecule has 2 aromatic carbocycles. The number of Topliss-reactive ketones (excluding diaryl/α,β-unsaturated/α-hetero) is 1. The molecule has 1 N–H and O–H groups in total. The molecule has 0 spiro atoms. The molecule has 0 saturated heterocycles. The van der Waals surface area contributed by atoms with Crippen LogP contribution in [0, 0.1) is 6.92 Å². The lowest BCUT2D eigenvalue weighted by atomic mass is 9.92. The summed E-state index contributed by atoms with van der Waals surface area (Å²) in [4.78, 5) is 27.7. The summed E-state index contributed by atoms with van der Waals surface area (Å²) in [6, 6.07) is 13.3. The van der Waals surface area contributed by atoms with Crippen molar-refractivity contribution in [1.29, 1.82) is 0 Å². The first kappa shape index (κ1) is 20.2. The molecule has 6 nitrogen and oxygen atoms in total. The van der Waals surface area contributed by atoms with Crippen molar-refractivity contribution >= 4 is 34.3 Å². The lowest BCUT2D eigenvalue weighted by Gasteiger charge is -2.27. The van der Waals surface area contributed by atoms with Crippen molar-refractivity contribution in [3.8, 4) is 0 Å². The summed E-state index contributed by atoms with van der Waals surface area (Å²) in [5, 5.41) is 11.8. The zero-order chi connectivity index (χ0) is 21.4. The van der Waals surface area contributed by atoms with Gasteiger partial charge in [-0.2, -0.15) is 0 Å². The van der Waals surface area contributed by atoms with Crippen molar-refractivity contribution in [3.05, 3.63) is 81.8 Å². The summed E-state index contributed by atoms with van der Waals surface area (Å²) in [6.07, 6.45) is 0. The third kappa shape index (κ3) is 3.38. The second kappa shape index (κ2) is 7.97. The lowest BCUT2D eigenvalue weighted by Crippen LogP contribution is -2.34. The molecule has 0 aliphatic carbocycles. The molecule has 0 saturated carbocycles. The molecule has 2 heterocycles. The first-order valence-corrected chi connectivity index (χ1v) is 9.82. The maximum atomic E-state index is 13.4. The number of fused-ring (bicyclic) bond motifs is 1. The van der Waals surface area contributed by atoms with Crippen molar-refractivity contribution in [2.75, 3.05) is 20.3 Å². The summed E-state index contributed by atoms with van der Waals surface area (Å²) in [5.41, 5.74) is 2.15. The molecule has 1 aliphatic rings. The van der Waals surface area contributed by atoms with E-state index < -0.39 is 23.5 Å². The Morgan fingerprint density at radius 2 is 2.00 bits per heavy atom. The minimum atomic E-state index is -0.738. The van der Waals surface area contributed by atoms with E-state index in [1.165, 1.54) is 12.0 Å². The molecule has 3 aromatic rings. The van der Waals surface area contributed by atoms with E-state index in [2.05, 4.69) is 0 Å². The van der Waals surface area contributed by atoms with Crippen molar-refractivity contribution < 1.29 is 23.8 Å². The van der Waals surface area contributed by atoms with E-state index in [0.717, 1.165) is 11.1 Å². The Hall–Kier alpha value is -3.09. The molecule has 0 radical (unpaired) electrons. The van der Waals surface area contributed by atoms with Crippen LogP contribution in [0.3, 0.4) is 0 Å². The first-order valence-electron chi connectivity index (χ1n) is 9.44. The smallest absolute Gasteiger partial charge is 0.290 e. The van der Waals surface area contributed by atoms with Gasteiger partial charge in [0, 0.05) is 24.1 Å². The Kier molecular flexibility index (Phi) is 5.37. The number of amides is 1. The second-order valence-electron chi connectivity index (χ2n) is 7.13. The lowest BCUT2D eigenvalue weighted by molar-refractivity contribution is -0.130. The number of hydrogen-bond donors (Lipinski definition) is 1. The zero-order valence-electron chi connectivity index (χ0n) is 16.5. The largest absolute Gasteiger partial charge is 0.503 e. The van der Waals surface area contributed by atoms with Gasteiger partial charge in [-0.15, -0.1) is 0 Å². The van der Waals surface area contributed by atoms with Gasteiger partial charge >= 0.3 is 0 Å². The molecular weight excluding hydrogens is 406 g/mol. The molecule has 1 atom stereocenters. The Morgan fingerprint density at radius 3 is 2.73 bits per heavy atom. The monoisotopic (exact) mass is 425 g/mol. The number of aliphatic hydroxyl groups excluding tert-OH is 1. The summed E-state index contributed by atoms with van der Waals surface area (Å²) in [6.45, 7) is 2.39. The van der Waals surface area contributed by atoms with E-state index in [0.29, 0.717) is 16.0 Å². The van der Waals surface area contributed by atoms with Crippen molar-refractivity contribution in [2.24, 2.45) is 0 Å². The van der Waals surface area contributed by atoms with Crippen LogP contribution in [-0.4, -0.2) is 42.0 Å². The highest BCUT2D eigenvalue weighted by Crippen LogP contribution is 2.40. The fraction of sp³-hybridized carbons (Fsp3) is 0.217. The van der Waals surface area contributed by atoms with Gasteiger partial charge in [0.05, 0.1) is 18.2 Å². The van der Waals surface area contributed by atoms with Crippen LogP contribution in [0.25, 0.3) is 11.0 Å². The van der Waals surface area contributed by atoms with E-state index in [1.54, 1.807) is 24.3 Å². The number of ether oxygens (including phenoxy) is 1. The minimum absolute atomic E-state index is 0.00411. The Bertz CT molecular complexity index is 1180. The number of nitrogens with zero attached hydrogens (tertiary/aromatic N) is 1. The predicted molar refractivity (Wildman–Crippen MR) is 113 cm³/mol. The van der Waals surface area contributed by atoms with Crippen LogP contribution in [0.1, 0.15) is 27.7 Å². The van der Waals surface area contributed by atoms with Gasteiger partial charge in [0.2, 0.25) is 5.78 Å². The normalized spacial score (nSPS) is 16.7. The molecule has 0 fully saturated rings. The number of methoxy groups -OCH3 is 1. The van der Waals surface area contributed by atoms with Gasteiger partial charge in [-0.25, -0.2) is 0 Å². The molecule has 1 aromatic heterocycles. The van der Waals surface area contributed by atoms with Gasteiger partial charge in [-0.05, 0) is 42.3 Å². The third-order valence-corrected chi connectivity index (χ3v) is 5.50. The van der Waals surface area contributed by atoms with Crippen LogP contribution < -0.4 is 0 Å².